The number of amides is 1. The van der Waals surface area contributed by atoms with E-state index in [2.05, 4.69) is 15.3 Å². The Balaban J connectivity index is 2.02. The molecule has 1 aliphatic rings. The number of carboxylic acid groups (broad SMARTS) is 1. The van der Waals surface area contributed by atoms with Crippen LogP contribution in [0.2, 0.25) is 5.02 Å². The predicted octanol–water partition coefficient (Wildman–Crippen LogP) is 1.69. The number of ether oxygens (including phenoxy) is 1. The fourth-order valence-corrected chi connectivity index (χ4v) is 2.18. The molecule has 0 saturated carbocycles. The number of carbonyl (C=O) groups is 1. The van der Waals surface area contributed by atoms with Crippen molar-refractivity contribution in [1.82, 2.24) is 14.9 Å². The second-order valence-corrected chi connectivity index (χ2v) is 4.67. The third kappa shape index (κ3) is 3.37. The van der Waals surface area contributed by atoms with Gasteiger partial charge in [-0.15, -0.1) is 0 Å². The third-order valence-electron chi connectivity index (χ3n) is 2.93. The molecule has 1 atom stereocenters. The van der Waals surface area contributed by atoms with Crippen LogP contribution in [-0.2, 0) is 0 Å². The summed E-state index contributed by atoms with van der Waals surface area (Å²) in [6, 6.07) is -0.00395. The molecule has 19 heavy (non-hydrogen) atoms. The lowest BCUT2D eigenvalue weighted by Gasteiger charge is -2.31. The van der Waals surface area contributed by atoms with Crippen molar-refractivity contribution >= 4 is 23.6 Å². The van der Waals surface area contributed by atoms with E-state index in [9.17, 15) is 4.79 Å². The molecule has 0 unspecified atom stereocenters. The molecule has 1 aromatic heterocycles. The van der Waals surface area contributed by atoms with Crippen LogP contribution in [0.3, 0.4) is 0 Å². The van der Waals surface area contributed by atoms with E-state index in [4.69, 9.17) is 21.4 Å². The maximum absolute atomic E-state index is 10.9. The number of aromatic nitrogens is 2. The van der Waals surface area contributed by atoms with Crippen molar-refractivity contribution in [1.29, 1.82) is 0 Å². The second kappa shape index (κ2) is 5.92. The number of anilines is 1. The fourth-order valence-electron chi connectivity index (χ4n) is 2.02. The molecule has 1 amide bonds. The first-order chi connectivity index (χ1) is 9.10. The quantitative estimate of drug-likeness (QED) is 0.879. The van der Waals surface area contributed by atoms with Crippen LogP contribution < -0.4 is 10.1 Å². The number of piperidine rings is 1. The summed E-state index contributed by atoms with van der Waals surface area (Å²) >= 11 is 5.84. The zero-order chi connectivity index (χ0) is 13.8. The highest BCUT2D eigenvalue weighted by atomic mass is 35.5. The van der Waals surface area contributed by atoms with Crippen LogP contribution in [0.25, 0.3) is 0 Å². The number of halogens is 1. The van der Waals surface area contributed by atoms with Gasteiger partial charge in [0.1, 0.15) is 5.02 Å². The molecule has 0 spiro atoms. The van der Waals surface area contributed by atoms with Gasteiger partial charge in [0.05, 0.1) is 13.3 Å². The molecule has 1 aromatic rings. The summed E-state index contributed by atoms with van der Waals surface area (Å²) in [6.07, 6.45) is 2.24. The van der Waals surface area contributed by atoms with Gasteiger partial charge in [-0.2, -0.15) is 4.98 Å². The van der Waals surface area contributed by atoms with Crippen molar-refractivity contribution in [2.45, 2.75) is 18.9 Å². The summed E-state index contributed by atoms with van der Waals surface area (Å²) in [5.74, 6) is 0.684. The molecule has 0 aliphatic carbocycles. The maximum Gasteiger partial charge on any atom is 0.407 e. The Hall–Kier alpha value is -1.76. The van der Waals surface area contributed by atoms with Crippen LogP contribution in [-0.4, -0.2) is 52.3 Å². The number of nitrogens with one attached hydrogen (secondary N) is 1. The van der Waals surface area contributed by atoms with Crippen LogP contribution in [0.15, 0.2) is 6.20 Å². The number of hydrogen-bond acceptors (Lipinski definition) is 5. The summed E-state index contributed by atoms with van der Waals surface area (Å²) in [7, 11) is 1.48. The smallest absolute Gasteiger partial charge is 0.407 e. The molecule has 104 valence electrons. The van der Waals surface area contributed by atoms with Crippen LogP contribution in [0.5, 0.6) is 5.88 Å². The summed E-state index contributed by atoms with van der Waals surface area (Å²) in [4.78, 5) is 20.5. The van der Waals surface area contributed by atoms with Gasteiger partial charge in [0.2, 0.25) is 11.8 Å². The van der Waals surface area contributed by atoms with Crippen molar-refractivity contribution in [3.63, 3.8) is 0 Å². The van der Waals surface area contributed by atoms with Gasteiger partial charge in [-0.05, 0) is 12.8 Å². The highest BCUT2D eigenvalue weighted by molar-refractivity contribution is 6.31. The van der Waals surface area contributed by atoms with Gasteiger partial charge in [-0.3, -0.25) is 0 Å². The Morgan fingerprint density at radius 2 is 2.47 bits per heavy atom. The molecule has 0 bridgehead atoms. The number of nitrogens with zero attached hydrogens (tertiary/aromatic N) is 3. The van der Waals surface area contributed by atoms with E-state index in [1.54, 1.807) is 0 Å². The summed E-state index contributed by atoms with van der Waals surface area (Å²) < 4.78 is 5.01. The van der Waals surface area contributed by atoms with Crippen LogP contribution in [0.4, 0.5) is 10.7 Å². The Morgan fingerprint density at radius 3 is 3.16 bits per heavy atom. The molecule has 1 saturated heterocycles. The van der Waals surface area contributed by atoms with E-state index in [0.717, 1.165) is 12.8 Å². The lowest BCUT2D eigenvalue weighted by atomic mass is 10.1. The highest BCUT2D eigenvalue weighted by Crippen LogP contribution is 2.22. The number of likely N-dealkylation sites (tertiary alicyclic amines) is 1. The van der Waals surface area contributed by atoms with Gasteiger partial charge in [0, 0.05) is 19.1 Å². The molecule has 1 aliphatic heterocycles. The number of rotatable bonds is 3. The van der Waals surface area contributed by atoms with Crippen molar-refractivity contribution in [3.8, 4) is 5.88 Å². The lowest BCUT2D eigenvalue weighted by Crippen LogP contribution is -2.44. The molecular weight excluding hydrogens is 272 g/mol. The zero-order valence-electron chi connectivity index (χ0n) is 10.5. The summed E-state index contributed by atoms with van der Waals surface area (Å²) in [5, 5.41) is 12.4. The SMILES string of the molecule is COc1nc(N[C@@H]2CCCN(C(=O)O)C2)ncc1Cl. The van der Waals surface area contributed by atoms with E-state index in [0.29, 0.717) is 29.9 Å². The average molecular weight is 287 g/mol. The van der Waals surface area contributed by atoms with Crippen LogP contribution >= 0.6 is 11.6 Å². The minimum absolute atomic E-state index is 0.00395. The van der Waals surface area contributed by atoms with E-state index in [1.807, 2.05) is 0 Å². The van der Waals surface area contributed by atoms with Crippen molar-refractivity contribution in [3.05, 3.63) is 11.2 Å². The molecule has 7 nitrogen and oxygen atoms in total. The summed E-state index contributed by atoms with van der Waals surface area (Å²) in [6.45, 7) is 0.988. The van der Waals surface area contributed by atoms with Crippen molar-refractivity contribution < 1.29 is 14.6 Å². The first kappa shape index (κ1) is 13.7. The van der Waals surface area contributed by atoms with E-state index < -0.39 is 6.09 Å². The topological polar surface area (TPSA) is 87.6 Å². The number of hydrogen-bond donors (Lipinski definition) is 2. The largest absolute Gasteiger partial charge is 0.480 e. The molecule has 8 heteroatoms. The van der Waals surface area contributed by atoms with Crippen LogP contribution in [0.1, 0.15) is 12.8 Å². The first-order valence-electron chi connectivity index (χ1n) is 5.91. The standard InChI is InChI=1S/C11H15ClN4O3/c1-19-9-8(12)5-13-10(15-9)14-7-3-2-4-16(6-7)11(17)18/h5,7H,2-4,6H2,1H3,(H,17,18)(H,13,14,15)/t7-/m1/s1. The minimum Gasteiger partial charge on any atom is -0.480 e. The van der Waals surface area contributed by atoms with Gasteiger partial charge in [0.25, 0.3) is 0 Å². The predicted molar refractivity (Wildman–Crippen MR) is 69.8 cm³/mol. The third-order valence-corrected chi connectivity index (χ3v) is 3.19. The van der Waals surface area contributed by atoms with Gasteiger partial charge in [-0.25, -0.2) is 9.78 Å². The molecule has 1 fully saturated rings. The molecule has 2 N–H and O–H groups in total. The molecule has 2 heterocycles. The van der Waals surface area contributed by atoms with Gasteiger partial charge in [-0.1, -0.05) is 11.6 Å². The average Bonchev–Trinajstić information content (AvgIpc) is 2.41. The first-order valence-corrected chi connectivity index (χ1v) is 6.29. The molecule has 2 rings (SSSR count). The Bertz CT molecular complexity index is 471. The van der Waals surface area contributed by atoms with E-state index >= 15 is 0 Å². The van der Waals surface area contributed by atoms with Gasteiger partial charge in [0.15, 0.2) is 0 Å². The minimum atomic E-state index is -0.902. The highest BCUT2D eigenvalue weighted by Gasteiger charge is 2.23. The fraction of sp³-hybridized carbons (Fsp3) is 0.545. The maximum atomic E-state index is 10.9. The van der Waals surface area contributed by atoms with Gasteiger partial charge >= 0.3 is 6.09 Å². The molecular formula is C11H15ClN4O3. The monoisotopic (exact) mass is 286 g/mol. The van der Waals surface area contributed by atoms with Crippen LogP contribution in [0, 0.1) is 0 Å². The number of methoxy groups -OCH3 is 1. The molecule has 0 aromatic carbocycles. The Labute approximate surface area is 115 Å². The van der Waals surface area contributed by atoms with E-state index in [-0.39, 0.29) is 6.04 Å². The second-order valence-electron chi connectivity index (χ2n) is 4.26. The lowest BCUT2D eigenvalue weighted by molar-refractivity contribution is 0.132. The van der Waals surface area contributed by atoms with Crippen molar-refractivity contribution in [2.75, 3.05) is 25.5 Å². The normalized spacial score (nSPS) is 19.1. The Morgan fingerprint density at radius 1 is 1.68 bits per heavy atom. The van der Waals surface area contributed by atoms with E-state index in [1.165, 1.54) is 18.2 Å². The summed E-state index contributed by atoms with van der Waals surface area (Å²) in [5.41, 5.74) is 0. The molecule has 0 radical (unpaired) electrons. The Kier molecular flexibility index (Phi) is 4.26. The van der Waals surface area contributed by atoms with Gasteiger partial charge < -0.3 is 20.1 Å². The zero-order valence-corrected chi connectivity index (χ0v) is 11.2. The van der Waals surface area contributed by atoms with Crippen molar-refractivity contribution in [2.24, 2.45) is 0 Å².